The number of aryl methyl sites for hydroxylation is 1. The van der Waals surface area contributed by atoms with Crippen LogP contribution >= 0.6 is 0 Å². The Labute approximate surface area is 158 Å². The zero-order chi connectivity index (χ0) is 19.2. The number of urea groups is 1. The summed E-state index contributed by atoms with van der Waals surface area (Å²) >= 11 is 0. The number of amides is 4. The molecule has 0 radical (unpaired) electrons. The Balaban J connectivity index is 1.65. The molecule has 27 heavy (non-hydrogen) atoms. The molecule has 1 aromatic rings. The van der Waals surface area contributed by atoms with Crippen LogP contribution in [0.4, 0.5) is 10.5 Å². The first kappa shape index (κ1) is 19.2. The highest BCUT2D eigenvalue weighted by molar-refractivity contribution is 6.32. The lowest BCUT2D eigenvalue weighted by Crippen LogP contribution is -2.58. The van der Waals surface area contributed by atoms with Crippen LogP contribution in [-0.2, 0) is 16.0 Å². The standard InChI is InChI=1S/C19H25N5O3/c1-2-14-3-5-15(6-4-14)24-18(26)16(17(25)22-19(24)27)13-21-9-12-23-10-7-20-8-11-23/h3-6,13,16,20H,2,7-12H2,1H3,(H,22,25,27)/t16-/m1/s1. The van der Waals surface area contributed by atoms with E-state index in [0.717, 1.165) is 49.6 Å². The number of piperazine rings is 1. The van der Waals surface area contributed by atoms with Gasteiger partial charge >= 0.3 is 6.03 Å². The molecule has 2 aliphatic heterocycles. The summed E-state index contributed by atoms with van der Waals surface area (Å²) in [7, 11) is 0. The zero-order valence-electron chi connectivity index (χ0n) is 15.5. The first-order chi connectivity index (χ1) is 13.1. The number of hydrogen-bond donors (Lipinski definition) is 2. The van der Waals surface area contributed by atoms with Crippen LogP contribution in [0.3, 0.4) is 0 Å². The van der Waals surface area contributed by atoms with Crippen LogP contribution in [0, 0.1) is 5.92 Å². The van der Waals surface area contributed by atoms with Gasteiger partial charge in [-0.1, -0.05) is 19.1 Å². The van der Waals surface area contributed by atoms with Crippen LogP contribution in [0.5, 0.6) is 0 Å². The van der Waals surface area contributed by atoms with Crippen molar-refractivity contribution in [1.82, 2.24) is 15.5 Å². The lowest BCUT2D eigenvalue weighted by atomic mass is 10.1. The van der Waals surface area contributed by atoms with Gasteiger partial charge in [0.05, 0.1) is 12.2 Å². The summed E-state index contributed by atoms with van der Waals surface area (Å²) < 4.78 is 0. The number of nitrogens with one attached hydrogen (secondary N) is 2. The molecule has 8 nitrogen and oxygen atoms in total. The Morgan fingerprint density at radius 2 is 1.85 bits per heavy atom. The smallest absolute Gasteiger partial charge is 0.314 e. The minimum atomic E-state index is -1.09. The van der Waals surface area contributed by atoms with E-state index in [-0.39, 0.29) is 0 Å². The van der Waals surface area contributed by atoms with Gasteiger partial charge in [-0.05, 0) is 24.1 Å². The summed E-state index contributed by atoms with van der Waals surface area (Å²) in [5.74, 6) is -2.28. The minimum Gasteiger partial charge on any atom is -0.314 e. The van der Waals surface area contributed by atoms with Gasteiger partial charge in [-0.15, -0.1) is 0 Å². The number of aliphatic imine (C=N–C) groups is 1. The largest absolute Gasteiger partial charge is 0.335 e. The van der Waals surface area contributed by atoms with E-state index in [1.54, 1.807) is 12.1 Å². The molecule has 0 saturated carbocycles. The number of rotatable bonds is 6. The second-order valence-electron chi connectivity index (χ2n) is 6.61. The Kier molecular flexibility index (Phi) is 6.31. The van der Waals surface area contributed by atoms with Crippen molar-refractivity contribution in [2.75, 3.05) is 44.2 Å². The highest BCUT2D eigenvalue weighted by atomic mass is 16.2. The number of nitrogens with zero attached hydrogens (tertiary/aromatic N) is 3. The molecule has 4 amide bonds. The highest BCUT2D eigenvalue weighted by Crippen LogP contribution is 2.21. The third kappa shape index (κ3) is 4.58. The van der Waals surface area contributed by atoms with Crippen molar-refractivity contribution >= 4 is 29.7 Å². The molecule has 1 atom stereocenters. The molecule has 2 fully saturated rings. The molecule has 0 aliphatic carbocycles. The molecular formula is C19H25N5O3. The molecule has 3 rings (SSSR count). The maximum Gasteiger partial charge on any atom is 0.335 e. The van der Waals surface area contributed by atoms with E-state index in [4.69, 9.17) is 0 Å². The number of anilines is 1. The Bertz CT molecular complexity index is 725. The molecule has 0 unspecified atom stereocenters. The quantitative estimate of drug-likeness (QED) is 0.558. The SMILES string of the molecule is CCc1ccc(N2C(=O)NC(=O)[C@@H](C=NCCN3CCNCC3)C2=O)cc1. The van der Waals surface area contributed by atoms with Gasteiger partial charge in [-0.2, -0.15) is 0 Å². The van der Waals surface area contributed by atoms with Crippen molar-refractivity contribution in [1.29, 1.82) is 0 Å². The number of carbonyl (C=O) groups is 3. The fraction of sp³-hybridized carbons (Fsp3) is 0.474. The topological polar surface area (TPSA) is 94.1 Å². The van der Waals surface area contributed by atoms with E-state index >= 15 is 0 Å². The number of imide groups is 2. The lowest BCUT2D eigenvalue weighted by molar-refractivity contribution is -0.131. The second kappa shape index (κ2) is 8.88. The molecule has 2 saturated heterocycles. The third-order valence-corrected chi connectivity index (χ3v) is 4.81. The number of benzene rings is 1. The van der Waals surface area contributed by atoms with Gasteiger partial charge in [0.25, 0.3) is 5.91 Å². The summed E-state index contributed by atoms with van der Waals surface area (Å²) in [6.45, 7) is 7.17. The monoisotopic (exact) mass is 371 g/mol. The number of barbiturate groups is 1. The normalized spacial score (nSPS) is 21.7. The Morgan fingerprint density at radius 1 is 1.15 bits per heavy atom. The van der Waals surface area contributed by atoms with E-state index in [1.807, 2.05) is 19.1 Å². The first-order valence-corrected chi connectivity index (χ1v) is 9.31. The Morgan fingerprint density at radius 3 is 2.52 bits per heavy atom. The molecule has 8 heteroatoms. The maximum absolute atomic E-state index is 12.7. The molecule has 0 spiro atoms. The highest BCUT2D eigenvalue weighted by Gasteiger charge is 2.40. The number of carbonyl (C=O) groups excluding carboxylic acids is 3. The van der Waals surface area contributed by atoms with Gasteiger partial charge in [0.1, 0.15) is 0 Å². The van der Waals surface area contributed by atoms with E-state index in [1.165, 1.54) is 6.21 Å². The van der Waals surface area contributed by atoms with Crippen molar-refractivity contribution in [3.8, 4) is 0 Å². The van der Waals surface area contributed by atoms with Crippen molar-refractivity contribution in [2.24, 2.45) is 10.9 Å². The molecule has 2 N–H and O–H groups in total. The maximum atomic E-state index is 12.7. The summed E-state index contributed by atoms with van der Waals surface area (Å²) in [6, 6.07) is 6.43. The van der Waals surface area contributed by atoms with Gasteiger partial charge in [0.2, 0.25) is 5.91 Å². The molecule has 2 aliphatic rings. The summed E-state index contributed by atoms with van der Waals surface area (Å²) in [5.41, 5.74) is 1.55. The van der Waals surface area contributed by atoms with Crippen LogP contribution in [0.2, 0.25) is 0 Å². The predicted molar refractivity (Wildman–Crippen MR) is 103 cm³/mol. The fourth-order valence-corrected chi connectivity index (χ4v) is 3.16. The summed E-state index contributed by atoms with van der Waals surface area (Å²) in [5, 5.41) is 5.53. The van der Waals surface area contributed by atoms with Crippen molar-refractivity contribution in [2.45, 2.75) is 13.3 Å². The van der Waals surface area contributed by atoms with E-state index in [0.29, 0.717) is 12.2 Å². The average molecular weight is 371 g/mol. The molecule has 0 bridgehead atoms. The van der Waals surface area contributed by atoms with Gasteiger partial charge in [0, 0.05) is 38.9 Å². The predicted octanol–water partition coefficient (Wildman–Crippen LogP) is 0.424. The first-order valence-electron chi connectivity index (χ1n) is 9.31. The van der Waals surface area contributed by atoms with Crippen LogP contribution in [-0.4, -0.2) is 68.2 Å². The fourth-order valence-electron chi connectivity index (χ4n) is 3.16. The third-order valence-electron chi connectivity index (χ3n) is 4.81. The molecule has 1 aromatic carbocycles. The minimum absolute atomic E-state index is 0.446. The van der Waals surface area contributed by atoms with Crippen LogP contribution in [0.1, 0.15) is 12.5 Å². The number of hydrogen-bond acceptors (Lipinski definition) is 6. The Hall–Kier alpha value is -2.58. The van der Waals surface area contributed by atoms with Crippen molar-refractivity contribution < 1.29 is 14.4 Å². The zero-order valence-corrected chi connectivity index (χ0v) is 15.5. The van der Waals surface area contributed by atoms with Gasteiger partial charge in [-0.3, -0.25) is 24.8 Å². The van der Waals surface area contributed by atoms with E-state index in [9.17, 15) is 14.4 Å². The molecule has 2 heterocycles. The van der Waals surface area contributed by atoms with Crippen LogP contribution in [0.25, 0.3) is 0 Å². The second-order valence-corrected chi connectivity index (χ2v) is 6.61. The average Bonchev–Trinajstić information content (AvgIpc) is 2.68. The van der Waals surface area contributed by atoms with E-state index in [2.05, 4.69) is 20.5 Å². The summed E-state index contributed by atoms with van der Waals surface area (Å²) in [4.78, 5) is 44.5. The lowest BCUT2D eigenvalue weighted by Gasteiger charge is -2.28. The van der Waals surface area contributed by atoms with Crippen molar-refractivity contribution in [3.05, 3.63) is 29.8 Å². The van der Waals surface area contributed by atoms with Gasteiger partial charge in [0.15, 0.2) is 5.92 Å². The molecule has 144 valence electrons. The van der Waals surface area contributed by atoms with Crippen molar-refractivity contribution in [3.63, 3.8) is 0 Å². The van der Waals surface area contributed by atoms with Crippen LogP contribution < -0.4 is 15.5 Å². The molecule has 0 aromatic heterocycles. The summed E-state index contributed by atoms with van der Waals surface area (Å²) in [6.07, 6.45) is 2.22. The van der Waals surface area contributed by atoms with Gasteiger partial charge < -0.3 is 5.32 Å². The van der Waals surface area contributed by atoms with E-state index < -0.39 is 23.8 Å². The van der Waals surface area contributed by atoms with Gasteiger partial charge in [-0.25, -0.2) is 9.69 Å². The molecular weight excluding hydrogens is 346 g/mol. The van der Waals surface area contributed by atoms with Crippen LogP contribution in [0.15, 0.2) is 29.3 Å².